The summed E-state index contributed by atoms with van der Waals surface area (Å²) in [6.45, 7) is 3.61. The van der Waals surface area contributed by atoms with Crippen molar-refractivity contribution >= 4 is 28.9 Å². The van der Waals surface area contributed by atoms with Gasteiger partial charge in [0.2, 0.25) is 11.7 Å². The monoisotopic (exact) mass is 389 g/mol. The van der Waals surface area contributed by atoms with Gasteiger partial charge >= 0.3 is 5.97 Å². The molecule has 1 fully saturated rings. The fraction of sp³-hybridized carbons (Fsp3) is 0.316. The van der Waals surface area contributed by atoms with E-state index >= 15 is 0 Å². The zero-order chi connectivity index (χ0) is 19.6. The van der Waals surface area contributed by atoms with Crippen LogP contribution in [0, 0.1) is 0 Å². The van der Waals surface area contributed by atoms with Crippen LogP contribution in [0.15, 0.2) is 41.0 Å². The van der Waals surface area contributed by atoms with Gasteiger partial charge in [0.1, 0.15) is 0 Å². The molecule has 1 aromatic carbocycles. The van der Waals surface area contributed by atoms with Crippen LogP contribution in [-0.4, -0.2) is 40.4 Å². The first kappa shape index (κ1) is 19.0. The number of amides is 2. The van der Waals surface area contributed by atoms with Crippen molar-refractivity contribution in [2.45, 2.75) is 31.6 Å². The topological polar surface area (TPSA) is 86.0 Å². The Morgan fingerprint density at radius 2 is 2.04 bits per heavy atom. The van der Waals surface area contributed by atoms with Gasteiger partial charge in [0.25, 0.3) is 5.24 Å². The lowest BCUT2D eigenvalue weighted by Crippen LogP contribution is -2.37. The molecule has 0 aliphatic carbocycles. The van der Waals surface area contributed by atoms with E-state index < -0.39 is 11.2 Å². The van der Waals surface area contributed by atoms with Gasteiger partial charge in [-0.25, -0.2) is 4.79 Å². The van der Waals surface area contributed by atoms with Crippen LogP contribution in [0.2, 0.25) is 0 Å². The Morgan fingerprint density at radius 3 is 2.63 bits per heavy atom. The van der Waals surface area contributed by atoms with Gasteiger partial charge in [0.15, 0.2) is 11.5 Å². The third-order valence-corrected chi connectivity index (χ3v) is 5.09. The van der Waals surface area contributed by atoms with E-state index in [1.54, 1.807) is 38.1 Å². The standard InChI is InChI=1S/C19H19NO6S/c1-11(2)20-17(21)16(27-19(20)23)10-12-6-7-13(24-3)15(9-12)26-18(22)14-5-4-8-25-14/h4-9,11,16H,10H2,1-3H3. The van der Waals surface area contributed by atoms with Gasteiger partial charge in [-0.05, 0) is 50.1 Å². The SMILES string of the molecule is COc1ccc(CC2SC(=O)N(C(C)C)C2=O)cc1OC(=O)c1ccco1. The van der Waals surface area contributed by atoms with Crippen LogP contribution in [0.3, 0.4) is 0 Å². The Balaban J connectivity index is 1.78. The molecule has 2 amide bonds. The highest BCUT2D eigenvalue weighted by Crippen LogP contribution is 2.34. The summed E-state index contributed by atoms with van der Waals surface area (Å²) in [6, 6.07) is 7.98. The third-order valence-electron chi connectivity index (χ3n) is 4.04. The van der Waals surface area contributed by atoms with E-state index in [1.807, 2.05) is 0 Å². The van der Waals surface area contributed by atoms with Crippen LogP contribution in [0.4, 0.5) is 4.79 Å². The molecule has 1 aliphatic rings. The van der Waals surface area contributed by atoms with E-state index in [0.29, 0.717) is 12.2 Å². The highest BCUT2D eigenvalue weighted by Gasteiger charge is 2.40. The molecule has 27 heavy (non-hydrogen) atoms. The number of rotatable bonds is 6. The van der Waals surface area contributed by atoms with E-state index in [-0.39, 0.29) is 28.7 Å². The molecule has 1 saturated heterocycles. The average molecular weight is 389 g/mol. The number of ether oxygens (including phenoxy) is 2. The third kappa shape index (κ3) is 4.00. The summed E-state index contributed by atoms with van der Waals surface area (Å²) in [5, 5.41) is -0.736. The van der Waals surface area contributed by atoms with Crippen LogP contribution in [0.25, 0.3) is 0 Å². The molecule has 8 heteroatoms. The fourth-order valence-electron chi connectivity index (χ4n) is 2.76. The molecule has 0 saturated carbocycles. The summed E-state index contributed by atoms with van der Waals surface area (Å²) in [4.78, 5) is 37.9. The predicted octanol–water partition coefficient (Wildman–Crippen LogP) is 3.52. The number of furan rings is 1. The number of esters is 1. The number of hydrogen-bond acceptors (Lipinski definition) is 7. The van der Waals surface area contributed by atoms with E-state index in [9.17, 15) is 14.4 Å². The summed E-state index contributed by atoms with van der Waals surface area (Å²) in [5.74, 6) is -0.183. The van der Waals surface area contributed by atoms with Crippen molar-refractivity contribution in [2.24, 2.45) is 0 Å². The Hall–Kier alpha value is -2.74. The van der Waals surface area contributed by atoms with E-state index in [1.165, 1.54) is 24.3 Å². The number of imide groups is 1. The summed E-state index contributed by atoms with van der Waals surface area (Å²) >= 11 is 1.02. The fourth-order valence-corrected chi connectivity index (χ4v) is 3.90. The molecule has 1 unspecified atom stereocenters. The molecule has 2 aromatic rings. The van der Waals surface area contributed by atoms with Crippen LogP contribution < -0.4 is 9.47 Å². The van der Waals surface area contributed by atoms with Crippen LogP contribution in [-0.2, 0) is 11.2 Å². The van der Waals surface area contributed by atoms with E-state index in [2.05, 4.69) is 0 Å². The van der Waals surface area contributed by atoms with Gasteiger partial charge in [0.05, 0.1) is 18.6 Å². The molecule has 1 atom stereocenters. The second-order valence-electron chi connectivity index (χ2n) is 6.23. The maximum absolute atomic E-state index is 12.5. The van der Waals surface area contributed by atoms with Crippen molar-refractivity contribution < 1.29 is 28.3 Å². The Labute approximate surface area is 160 Å². The molecule has 7 nitrogen and oxygen atoms in total. The van der Waals surface area contributed by atoms with Crippen LogP contribution in [0.1, 0.15) is 30.0 Å². The highest BCUT2D eigenvalue weighted by atomic mass is 32.2. The highest BCUT2D eigenvalue weighted by molar-refractivity contribution is 8.15. The van der Waals surface area contributed by atoms with Gasteiger partial charge in [-0.2, -0.15) is 0 Å². The molecule has 142 valence electrons. The molecule has 0 radical (unpaired) electrons. The molecule has 2 heterocycles. The zero-order valence-corrected chi connectivity index (χ0v) is 15.9. The van der Waals surface area contributed by atoms with Gasteiger partial charge in [-0.15, -0.1) is 0 Å². The minimum Gasteiger partial charge on any atom is -0.493 e. The minimum absolute atomic E-state index is 0.0714. The molecular weight excluding hydrogens is 370 g/mol. The van der Waals surface area contributed by atoms with Crippen molar-refractivity contribution in [1.29, 1.82) is 0 Å². The predicted molar refractivity (Wildman–Crippen MR) is 99.1 cm³/mol. The molecular formula is C19H19NO6S. The Bertz CT molecular complexity index is 861. The summed E-state index contributed by atoms with van der Waals surface area (Å²) < 4.78 is 15.6. The van der Waals surface area contributed by atoms with Crippen LogP contribution >= 0.6 is 11.8 Å². The summed E-state index contributed by atoms with van der Waals surface area (Å²) in [7, 11) is 1.47. The van der Waals surface area contributed by atoms with E-state index in [4.69, 9.17) is 13.9 Å². The van der Waals surface area contributed by atoms with Crippen molar-refractivity contribution in [3.8, 4) is 11.5 Å². The second-order valence-corrected chi connectivity index (χ2v) is 7.38. The first-order chi connectivity index (χ1) is 12.9. The lowest BCUT2D eigenvalue weighted by Gasteiger charge is -2.18. The van der Waals surface area contributed by atoms with Gasteiger partial charge < -0.3 is 13.9 Å². The largest absolute Gasteiger partial charge is 0.493 e. The zero-order valence-electron chi connectivity index (χ0n) is 15.1. The summed E-state index contributed by atoms with van der Waals surface area (Å²) in [5.41, 5.74) is 0.752. The molecule has 0 bridgehead atoms. The number of carbonyl (C=O) groups excluding carboxylic acids is 3. The normalized spacial score (nSPS) is 16.9. The molecule has 3 rings (SSSR count). The van der Waals surface area contributed by atoms with Crippen molar-refractivity contribution in [2.75, 3.05) is 7.11 Å². The van der Waals surface area contributed by atoms with Gasteiger partial charge in [0, 0.05) is 6.04 Å². The number of benzene rings is 1. The number of nitrogens with zero attached hydrogens (tertiary/aromatic N) is 1. The number of thioether (sulfide) groups is 1. The van der Waals surface area contributed by atoms with Crippen molar-refractivity contribution in [1.82, 2.24) is 4.90 Å². The van der Waals surface area contributed by atoms with E-state index in [0.717, 1.165) is 17.3 Å². The number of hydrogen-bond donors (Lipinski definition) is 0. The quantitative estimate of drug-likeness (QED) is 0.552. The average Bonchev–Trinajstić information content (AvgIpc) is 3.24. The number of carbonyl (C=O) groups is 3. The lowest BCUT2D eigenvalue weighted by molar-refractivity contribution is -0.127. The minimum atomic E-state index is -0.650. The molecule has 1 aliphatic heterocycles. The van der Waals surface area contributed by atoms with Gasteiger partial charge in [-0.3, -0.25) is 14.5 Å². The maximum atomic E-state index is 12.5. The summed E-state index contributed by atoms with van der Waals surface area (Å²) in [6.07, 6.45) is 1.72. The first-order valence-electron chi connectivity index (χ1n) is 8.37. The lowest BCUT2D eigenvalue weighted by atomic mass is 10.1. The smallest absolute Gasteiger partial charge is 0.379 e. The Morgan fingerprint density at radius 1 is 1.26 bits per heavy atom. The molecule has 1 aromatic heterocycles. The molecule has 0 spiro atoms. The van der Waals surface area contributed by atoms with Gasteiger partial charge in [-0.1, -0.05) is 17.8 Å². The van der Waals surface area contributed by atoms with Crippen molar-refractivity contribution in [3.63, 3.8) is 0 Å². The number of methoxy groups -OCH3 is 1. The van der Waals surface area contributed by atoms with Crippen molar-refractivity contribution in [3.05, 3.63) is 47.9 Å². The molecule has 0 N–H and O–H groups in total. The Kier molecular flexibility index (Phi) is 5.55. The van der Waals surface area contributed by atoms with Crippen LogP contribution in [0.5, 0.6) is 11.5 Å². The second kappa shape index (κ2) is 7.87. The maximum Gasteiger partial charge on any atom is 0.379 e. The first-order valence-corrected chi connectivity index (χ1v) is 9.25.